The third-order valence-corrected chi connectivity index (χ3v) is 5.09. The van der Waals surface area contributed by atoms with Gasteiger partial charge in [-0.05, 0) is 47.9 Å². The molecule has 0 bridgehead atoms. The predicted molar refractivity (Wildman–Crippen MR) is 105 cm³/mol. The van der Waals surface area contributed by atoms with E-state index < -0.39 is 12.0 Å². The highest BCUT2D eigenvalue weighted by Crippen LogP contribution is 2.40. The fourth-order valence-corrected chi connectivity index (χ4v) is 3.62. The van der Waals surface area contributed by atoms with Crippen LogP contribution in [0.2, 0.25) is 0 Å². The van der Waals surface area contributed by atoms with Gasteiger partial charge >= 0.3 is 5.97 Å². The Hall–Kier alpha value is -3.53. The molecule has 1 aliphatic heterocycles. The molecule has 0 N–H and O–H groups in total. The average molecular weight is 394 g/mol. The lowest BCUT2D eigenvalue weighted by molar-refractivity contribution is -0.141. The Balaban J connectivity index is 2.05. The fraction of sp³-hybridized carbons (Fsp3) is 0.318. The quantitative estimate of drug-likeness (QED) is 0.725. The number of rotatable bonds is 5. The molecule has 1 heterocycles. The second-order valence-electron chi connectivity index (χ2n) is 6.64. The smallest absolute Gasteiger partial charge is 0.307 e. The van der Waals surface area contributed by atoms with Crippen LogP contribution in [-0.4, -0.2) is 44.7 Å². The van der Waals surface area contributed by atoms with Gasteiger partial charge in [0.1, 0.15) is 0 Å². The number of benzene rings is 2. The van der Waals surface area contributed by atoms with E-state index in [2.05, 4.69) is 0 Å². The lowest BCUT2D eigenvalue weighted by Crippen LogP contribution is -2.41. The van der Waals surface area contributed by atoms with E-state index in [-0.39, 0.29) is 12.3 Å². The summed E-state index contributed by atoms with van der Waals surface area (Å²) < 4.78 is 15.7. The summed E-state index contributed by atoms with van der Waals surface area (Å²) in [6.07, 6.45) is 0.625. The minimum Gasteiger partial charge on any atom is -0.493 e. The molecule has 2 aromatic rings. The molecule has 1 amide bonds. The molecule has 0 saturated carbocycles. The van der Waals surface area contributed by atoms with Crippen molar-refractivity contribution in [2.45, 2.75) is 18.9 Å². The first-order chi connectivity index (χ1) is 14.0. The van der Waals surface area contributed by atoms with E-state index in [9.17, 15) is 9.59 Å². The predicted octanol–water partition coefficient (Wildman–Crippen LogP) is 2.88. The Labute approximate surface area is 169 Å². The van der Waals surface area contributed by atoms with E-state index in [0.717, 1.165) is 11.1 Å². The number of hydrogen-bond donors (Lipinski definition) is 0. The van der Waals surface area contributed by atoms with Crippen LogP contribution >= 0.6 is 0 Å². The molecule has 0 radical (unpaired) electrons. The molecule has 150 valence electrons. The molecule has 0 unspecified atom stereocenters. The number of carbonyl (C=O) groups excluding carboxylic acids is 2. The lowest BCUT2D eigenvalue weighted by Gasteiger charge is -2.37. The topological polar surface area (TPSA) is 88.9 Å². The van der Waals surface area contributed by atoms with Crippen molar-refractivity contribution in [3.8, 4) is 17.6 Å². The van der Waals surface area contributed by atoms with Gasteiger partial charge in [-0.3, -0.25) is 9.59 Å². The zero-order chi connectivity index (χ0) is 21.0. The van der Waals surface area contributed by atoms with E-state index in [1.54, 1.807) is 43.4 Å². The van der Waals surface area contributed by atoms with Gasteiger partial charge in [0.15, 0.2) is 11.5 Å². The number of carbonyl (C=O) groups is 2. The maximum absolute atomic E-state index is 13.2. The summed E-state index contributed by atoms with van der Waals surface area (Å²) >= 11 is 0. The third kappa shape index (κ3) is 4.02. The standard InChI is InChI=1S/C22H22N2O5/c1-27-19-10-15-7-8-24(22(26)16-6-4-5-14(9-16)13-23)18(12-21(25)29-3)17(15)11-20(19)28-2/h4-6,9-11,18H,7-8,12H2,1-3H3/t18-/m0/s1. The highest BCUT2D eigenvalue weighted by Gasteiger charge is 2.34. The van der Waals surface area contributed by atoms with Crippen molar-refractivity contribution in [2.75, 3.05) is 27.9 Å². The van der Waals surface area contributed by atoms with Gasteiger partial charge in [0.25, 0.3) is 5.91 Å². The van der Waals surface area contributed by atoms with Gasteiger partial charge in [-0.25, -0.2) is 0 Å². The van der Waals surface area contributed by atoms with Gasteiger partial charge in [0, 0.05) is 12.1 Å². The molecule has 3 rings (SSSR count). The molecular weight excluding hydrogens is 372 g/mol. The normalized spacial score (nSPS) is 15.1. The van der Waals surface area contributed by atoms with E-state index >= 15 is 0 Å². The van der Waals surface area contributed by atoms with Crippen LogP contribution in [-0.2, 0) is 16.0 Å². The third-order valence-electron chi connectivity index (χ3n) is 5.09. The number of nitriles is 1. The Morgan fingerprint density at radius 3 is 2.52 bits per heavy atom. The molecule has 1 aliphatic rings. The summed E-state index contributed by atoms with van der Waals surface area (Å²) in [7, 11) is 4.43. The summed E-state index contributed by atoms with van der Waals surface area (Å²) in [5, 5.41) is 9.13. The number of esters is 1. The van der Waals surface area contributed by atoms with Gasteiger partial charge < -0.3 is 19.1 Å². The molecule has 2 aromatic carbocycles. The van der Waals surface area contributed by atoms with Crippen molar-refractivity contribution in [3.05, 3.63) is 58.7 Å². The Kier molecular flexibility index (Phi) is 6.03. The molecule has 0 spiro atoms. The highest BCUT2D eigenvalue weighted by atomic mass is 16.5. The molecule has 0 aromatic heterocycles. The second kappa shape index (κ2) is 8.65. The number of amides is 1. The monoisotopic (exact) mass is 394 g/mol. The molecular formula is C22H22N2O5. The largest absolute Gasteiger partial charge is 0.493 e. The van der Waals surface area contributed by atoms with Crippen molar-refractivity contribution < 1.29 is 23.8 Å². The van der Waals surface area contributed by atoms with Crippen molar-refractivity contribution >= 4 is 11.9 Å². The minimum absolute atomic E-state index is 0.0165. The summed E-state index contributed by atoms with van der Waals surface area (Å²) in [4.78, 5) is 27.0. The van der Waals surface area contributed by atoms with E-state index in [0.29, 0.717) is 35.6 Å². The van der Waals surface area contributed by atoms with E-state index in [1.807, 2.05) is 18.2 Å². The van der Waals surface area contributed by atoms with Gasteiger partial charge in [-0.2, -0.15) is 5.26 Å². The number of methoxy groups -OCH3 is 3. The first-order valence-corrected chi connectivity index (χ1v) is 9.15. The fourth-order valence-electron chi connectivity index (χ4n) is 3.62. The average Bonchev–Trinajstić information content (AvgIpc) is 2.77. The van der Waals surface area contributed by atoms with Crippen LogP contribution in [0.1, 0.15) is 39.5 Å². The van der Waals surface area contributed by atoms with Gasteiger partial charge in [0.05, 0.1) is 45.4 Å². The van der Waals surface area contributed by atoms with Crippen molar-refractivity contribution in [1.29, 1.82) is 5.26 Å². The summed E-state index contributed by atoms with van der Waals surface area (Å²) in [5.74, 6) is 0.476. The highest BCUT2D eigenvalue weighted by molar-refractivity contribution is 5.95. The molecule has 0 aliphatic carbocycles. The summed E-state index contributed by atoms with van der Waals surface area (Å²) in [6, 6.07) is 11.8. The van der Waals surface area contributed by atoms with Crippen LogP contribution in [0.25, 0.3) is 0 Å². The maximum atomic E-state index is 13.2. The second-order valence-corrected chi connectivity index (χ2v) is 6.64. The summed E-state index contributed by atoms with van der Waals surface area (Å²) in [6.45, 7) is 0.430. The zero-order valence-corrected chi connectivity index (χ0v) is 16.6. The number of hydrogen-bond acceptors (Lipinski definition) is 6. The minimum atomic E-state index is -0.510. The maximum Gasteiger partial charge on any atom is 0.307 e. The first kappa shape index (κ1) is 20.2. The Morgan fingerprint density at radius 2 is 1.86 bits per heavy atom. The lowest BCUT2D eigenvalue weighted by atomic mass is 9.89. The molecule has 7 heteroatoms. The van der Waals surface area contributed by atoms with E-state index in [4.69, 9.17) is 19.5 Å². The summed E-state index contributed by atoms with van der Waals surface area (Å²) in [5.41, 5.74) is 2.63. The molecule has 0 saturated heterocycles. The van der Waals surface area contributed by atoms with Gasteiger partial charge in [0.2, 0.25) is 0 Å². The SMILES string of the molecule is COC(=O)C[C@H]1c2cc(OC)c(OC)cc2CCN1C(=O)c1cccc(C#N)c1. The van der Waals surface area contributed by atoms with Crippen LogP contribution < -0.4 is 9.47 Å². The molecule has 0 fully saturated rings. The van der Waals surface area contributed by atoms with Crippen LogP contribution in [0.4, 0.5) is 0 Å². The van der Waals surface area contributed by atoms with E-state index in [1.165, 1.54) is 7.11 Å². The molecule has 7 nitrogen and oxygen atoms in total. The van der Waals surface area contributed by atoms with Crippen LogP contribution in [0.15, 0.2) is 36.4 Å². The van der Waals surface area contributed by atoms with Crippen molar-refractivity contribution in [3.63, 3.8) is 0 Å². The van der Waals surface area contributed by atoms with Crippen LogP contribution in [0, 0.1) is 11.3 Å². The number of nitrogens with zero attached hydrogens (tertiary/aromatic N) is 2. The Bertz CT molecular complexity index is 980. The van der Waals surface area contributed by atoms with Gasteiger partial charge in [-0.15, -0.1) is 0 Å². The van der Waals surface area contributed by atoms with Gasteiger partial charge in [-0.1, -0.05) is 6.07 Å². The number of fused-ring (bicyclic) bond motifs is 1. The Morgan fingerprint density at radius 1 is 1.14 bits per heavy atom. The van der Waals surface area contributed by atoms with Crippen LogP contribution in [0.5, 0.6) is 11.5 Å². The van der Waals surface area contributed by atoms with Crippen LogP contribution in [0.3, 0.4) is 0 Å². The molecule has 1 atom stereocenters. The number of ether oxygens (including phenoxy) is 3. The van der Waals surface area contributed by atoms with Crippen molar-refractivity contribution in [1.82, 2.24) is 4.90 Å². The van der Waals surface area contributed by atoms with Crippen molar-refractivity contribution in [2.24, 2.45) is 0 Å². The first-order valence-electron chi connectivity index (χ1n) is 9.15. The molecule has 29 heavy (non-hydrogen) atoms. The zero-order valence-electron chi connectivity index (χ0n) is 16.6.